The standard InChI is InChI=1S/C17H11F3N6O2S/c18-11-5-9(15(19)20)1-2-10(11)8-29-17-24-26-12(3-4-23-26)16(28)25(17)13-6-22-14(27)7-21-13/h1-7,15H,8H2,(H,22,27). The third-order valence-corrected chi connectivity index (χ3v) is 4.97. The van der Waals surface area contributed by atoms with Crippen LogP contribution < -0.4 is 11.1 Å². The van der Waals surface area contributed by atoms with Gasteiger partial charge in [-0.3, -0.25) is 9.59 Å². The Morgan fingerprint density at radius 3 is 2.72 bits per heavy atom. The van der Waals surface area contributed by atoms with Crippen molar-refractivity contribution in [2.75, 3.05) is 0 Å². The molecule has 3 aromatic heterocycles. The van der Waals surface area contributed by atoms with E-state index in [0.717, 1.165) is 39.3 Å². The predicted molar refractivity (Wildman–Crippen MR) is 97.9 cm³/mol. The summed E-state index contributed by atoms with van der Waals surface area (Å²) in [6, 6.07) is 4.65. The first kappa shape index (κ1) is 18.9. The Kier molecular flexibility index (Phi) is 4.92. The van der Waals surface area contributed by atoms with Gasteiger partial charge in [0.2, 0.25) is 0 Å². The maximum atomic E-state index is 14.2. The van der Waals surface area contributed by atoms with Gasteiger partial charge in [0, 0.05) is 17.5 Å². The summed E-state index contributed by atoms with van der Waals surface area (Å²) in [5, 5.41) is 8.31. The van der Waals surface area contributed by atoms with Crippen LogP contribution in [0, 0.1) is 5.82 Å². The molecule has 4 aromatic rings. The van der Waals surface area contributed by atoms with E-state index in [2.05, 4.69) is 20.2 Å². The normalized spacial score (nSPS) is 11.4. The van der Waals surface area contributed by atoms with E-state index in [9.17, 15) is 22.8 Å². The molecule has 0 spiro atoms. The van der Waals surface area contributed by atoms with Gasteiger partial charge in [0.25, 0.3) is 17.5 Å². The van der Waals surface area contributed by atoms with Crippen molar-refractivity contribution in [2.24, 2.45) is 0 Å². The molecule has 4 rings (SSSR count). The van der Waals surface area contributed by atoms with Gasteiger partial charge in [0.05, 0.1) is 12.4 Å². The Bertz CT molecular complexity index is 1300. The number of thioether (sulfide) groups is 1. The molecule has 0 unspecified atom stereocenters. The van der Waals surface area contributed by atoms with Crippen molar-refractivity contribution in [3.05, 3.63) is 80.5 Å². The molecule has 8 nitrogen and oxygen atoms in total. The van der Waals surface area contributed by atoms with Crippen LogP contribution >= 0.6 is 11.8 Å². The SMILES string of the molecule is O=c1cnc(-n2c(SCc3ccc(C(F)F)cc3F)nn3nccc3c2=O)c[nH]1. The number of benzene rings is 1. The molecule has 12 heteroatoms. The summed E-state index contributed by atoms with van der Waals surface area (Å²) in [6.45, 7) is 0. The zero-order valence-electron chi connectivity index (χ0n) is 14.4. The minimum atomic E-state index is -2.77. The minimum absolute atomic E-state index is 0.0118. The second-order valence-corrected chi connectivity index (χ2v) is 6.78. The largest absolute Gasteiger partial charge is 0.324 e. The average molecular weight is 420 g/mol. The highest BCUT2D eigenvalue weighted by Gasteiger charge is 2.17. The van der Waals surface area contributed by atoms with E-state index in [4.69, 9.17) is 0 Å². The molecule has 1 N–H and O–H groups in total. The first-order valence-electron chi connectivity index (χ1n) is 8.15. The molecular formula is C17H11F3N6O2S. The lowest BCUT2D eigenvalue weighted by Crippen LogP contribution is -2.26. The molecule has 1 aromatic carbocycles. The molecule has 0 bridgehead atoms. The van der Waals surface area contributed by atoms with E-state index >= 15 is 0 Å². The molecule has 0 aliphatic rings. The summed E-state index contributed by atoms with van der Waals surface area (Å²) in [6.07, 6.45) is 0.886. The van der Waals surface area contributed by atoms with Gasteiger partial charge in [0.15, 0.2) is 16.5 Å². The zero-order valence-corrected chi connectivity index (χ0v) is 15.2. The van der Waals surface area contributed by atoms with Crippen LogP contribution in [-0.2, 0) is 5.75 Å². The molecule has 0 saturated heterocycles. The van der Waals surface area contributed by atoms with E-state index in [1.807, 2.05) is 0 Å². The highest BCUT2D eigenvalue weighted by atomic mass is 32.2. The molecule has 0 fully saturated rings. The number of hydrogen-bond donors (Lipinski definition) is 1. The monoisotopic (exact) mass is 420 g/mol. The Morgan fingerprint density at radius 2 is 2.03 bits per heavy atom. The Labute approximate surface area is 164 Å². The fourth-order valence-corrected chi connectivity index (χ4v) is 3.53. The number of aromatic amines is 1. The lowest BCUT2D eigenvalue weighted by Gasteiger charge is -2.11. The fraction of sp³-hybridized carbons (Fsp3) is 0.118. The molecule has 0 amide bonds. The van der Waals surface area contributed by atoms with Crippen LogP contribution in [-0.4, -0.2) is 29.4 Å². The van der Waals surface area contributed by atoms with Gasteiger partial charge in [-0.05, 0) is 17.7 Å². The van der Waals surface area contributed by atoms with Crippen molar-refractivity contribution in [2.45, 2.75) is 17.3 Å². The van der Waals surface area contributed by atoms with Gasteiger partial charge in [-0.25, -0.2) is 22.7 Å². The van der Waals surface area contributed by atoms with Crippen molar-refractivity contribution in [1.82, 2.24) is 29.4 Å². The summed E-state index contributed by atoms with van der Waals surface area (Å²) in [4.78, 5) is 30.5. The summed E-state index contributed by atoms with van der Waals surface area (Å²) in [5.74, 6) is -0.661. The molecule has 0 saturated carbocycles. The molecule has 29 heavy (non-hydrogen) atoms. The Balaban J connectivity index is 1.75. The smallest absolute Gasteiger partial charge is 0.286 e. The summed E-state index contributed by atoms with van der Waals surface area (Å²) < 4.78 is 41.8. The van der Waals surface area contributed by atoms with Crippen LogP contribution in [0.2, 0.25) is 0 Å². The molecule has 3 heterocycles. The van der Waals surface area contributed by atoms with Crippen LogP contribution in [0.15, 0.2) is 57.6 Å². The summed E-state index contributed by atoms with van der Waals surface area (Å²) in [5.41, 5.74) is -1.02. The number of hydrogen-bond acceptors (Lipinski definition) is 6. The van der Waals surface area contributed by atoms with Crippen molar-refractivity contribution < 1.29 is 13.2 Å². The minimum Gasteiger partial charge on any atom is -0.324 e. The summed E-state index contributed by atoms with van der Waals surface area (Å²) in [7, 11) is 0. The van der Waals surface area contributed by atoms with Crippen LogP contribution in [0.5, 0.6) is 0 Å². The second kappa shape index (κ2) is 7.54. The van der Waals surface area contributed by atoms with E-state index in [1.165, 1.54) is 24.5 Å². The van der Waals surface area contributed by atoms with Gasteiger partial charge in [-0.2, -0.15) is 5.10 Å². The van der Waals surface area contributed by atoms with Crippen molar-refractivity contribution in [1.29, 1.82) is 0 Å². The fourth-order valence-electron chi connectivity index (χ4n) is 2.57. The second-order valence-electron chi connectivity index (χ2n) is 5.84. The van der Waals surface area contributed by atoms with Crippen LogP contribution in [0.1, 0.15) is 17.6 Å². The molecule has 0 aliphatic heterocycles. The third kappa shape index (κ3) is 3.66. The van der Waals surface area contributed by atoms with Crippen LogP contribution in [0.25, 0.3) is 11.3 Å². The first-order valence-corrected chi connectivity index (χ1v) is 9.14. The third-order valence-electron chi connectivity index (χ3n) is 3.99. The lowest BCUT2D eigenvalue weighted by molar-refractivity contribution is 0.151. The maximum absolute atomic E-state index is 14.2. The van der Waals surface area contributed by atoms with Crippen molar-refractivity contribution >= 4 is 17.3 Å². The number of rotatable bonds is 5. The quantitative estimate of drug-likeness (QED) is 0.498. The predicted octanol–water partition coefficient (Wildman–Crippen LogP) is 2.33. The number of alkyl halides is 2. The molecule has 0 radical (unpaired) electrons. The molecular weight excluding hydrogens is 409 g/mol. The number of nitrogens with one attached hydrogen (secondary N) is 1. The number of nitrogens with zero attached hydrogens (tertiary/aromatic N) is 5. The number of fused-ring (bicyclic) bond motifs is 1. The van der Waals surface area contributed by atoms with Gasteiger partial charge in [-0.1, -0.05) is 23.9 Å². The highest BCUT2D eigenvalue weighted by Crippen LogP contribution is 2.26. The van der Waals surface area contributed by atoms with Crippen molar-refractivity contribution in [3.63, 3.8) is 0 Å². The van der Waals surface area contributed by atoms with Gasteiger partial charge < -0.3 is 4.98 Å². The van der Waals surface area contributed by atoms with Crippen LogP contribution in [0.3, 0.4) is 0 Å². The molecule has 0 aliphatic carbocycles. The van der Waals surface area contributed by atoms with Gasteiger partial charge in [0.1, 0.15) is 5.82 Å². The Hall–Kier alpha value is -3.41. The van der Waals surface area contributed by atoms with E-state index in [1.54, 1.807) is 0 Å². The summed E-state index contributed by atoms with van der Waals surface area (Å²) >= 11 is 0.992. The van der Waals surface area contributed by atoms with E-state index in [0.29, 0.717) is 0 Å². The molecule has 0 atom stereocenters. The van der Waals surface area contributed by atoms with Gasteiger partial charge in [-0.15, -0.1) is 9.73 Å². The number of aromatic nitrogens is 6. The highest BCUT2D eigenvalue weighted by molar-refractivity contribution is 7.98. The van der Waals surface area contributed by atoms with Crippen molar-refractivity contribution in [3.8, 4) is 5.82 Å². The zero-order chi connectivity index (χ0) is 20.5. The van der Waals surface area contributed by atoms with Crippen LogP contribution in [0.4, 0.5) is 13.2 Å². The topological polar surface area (TPSA) is 97.9 Å². The Morgan fingerprint density at radius 1 is 1.21 bits per heavy atom. The van der Waals surface area contributed by atoms with E-state index < -0.39 is 28.9 Å². The first-order chi connectivity index (χ1) is 13.9. The number of halogens is 3. The molecule has 148 valence electrons. The average Bonchev–Trinajstić information content (AvgIpc) is 3.17. The van der Waals surface area contributed by atoms with E-state index in [-0.39, 0.29) is 27.8 Å². The lowest BCUT2D eigenvalue weighted by atomic mass is 10.1. The number of H-pyrrole nitrogens is 1. The maximum Gasteiger partial charge on any atom is 0.286 e. The van der Waals surface area contributed by atoms with Gasteiger partial charge >= 0.3 is 0 Å².